The average Bonchev–Trinajstić information content (AvgIpc) is 2.45. The zero-order chi connectivity index (χ0) is 15.1. The first-order valence-electron chi connectivity index (χ1n) is 7.05. The minimum atomic E-state index is 0. The molecule has 124 valence electrons. The Kier molecular flexibility index (Phi) is 8.45. The van der Waals surface area contributed by atoms with Gasteiger partial charge in [-0.25, -0.2) is 0 Å². The van der Waals surface area contributed by atoms with Gasteiger partial charge in [0.15, 0.2) is 11.5 Å². The van der Waals surface area contributed by atoms with Gasteiger partial charge in [-0.3, -0.25) is 4.79 Å². The number of halogens is 1. The van der Waals surface area contributed by atoms with Crippen LogP contribution in [-0.2, 0) is 4.79 Å². The molecule has 1 heterocycles. The Balaban J connectivity index is 0.00000242. The fourth-order valence-electron chi connectivity index (χ4n) is 2.01. The second-order valence-electron chi connectivity index (χ2n) is 4.94. The van der Waals surface area contributed by atoms with Gasteiger partial charge in [0.1, 0.15) is 0 Å². The molecule has 1 aromatic carbocycles. The highest BCUT2D eigenvalue weighted by atomic mass is 35.5. The quantitative estimate of drug-likeness (QED) is 0.704. The van der Waals surface area contributed by atoms with Crippen molar-refractivity contribution >= 4 is 30.1 Å². The summed E-state index contributed by atoms with van der Waals surface area (Å²) in [5.74, 6) is 2.91. The third kappa shape index (κ3) is 5.59. The van der Waals surface area contributed by atoms with Crippen molar-refractivity contribution in [3.8, 4) is 11.5 Å². The number of nitrogens with one attached hydrogen (secondary N) is 2. The first kappa shape index (κ1) is 18.9. The molecule has 1 aliphatic rings. The zero-order valence-electron chi connectivity index (χ0n) is 12.9. The zero-order valence-corrected chi connectivity index (χ0v) is 14.5. The van der Waals surface area contributed by atoms with E-state index in [-0.39, 0.29) is 18.3 Å². The predicted molar refractivity (Wildman–Crippen MR) is 91.5 cm³/mol. The van der Waals surface area contributed by atoms with Crippen LogP contribution in [-0.4, -0.2) is 45.5 Å². The number of ether oxygens (including phenoxy) is 2. The Hall–Kier alpha value is -1.11. The first-order valence-corrected chi connectivity index (χ1v) is 8.03. The summed E-state index contributed by atoms with van der Waals surface area (Å²) in [6, 6.07) is 5.79. The fourth-order valence-corrected chi connectivity index (χ4v) is 2.89. The molecule has 0 atom stereocenters. The highest BCUT2D eigenvalue weighted by molar-refractivity contribution is 7.99. The molecule has 0 aromatic heterocycles. The van der Waals surface area contributed by atoms with Crippen LogP contribution in [0.4, 0.5) is 0 Å². The van der Waals surface area contributed by atoms with Gasteiger partial charge in [0, 0.05) is 42.6 Å². The molecule has 1 fully saturated rings. The number of amides is 1. The minimum Gasteiger partial charge on any atom is -0.493 e. The number of thioether (sulfide) groups is 1. The summed E-state index contributed by atoms with van der Waals surface area (Å²) < 4.78 is 10.5. The number of carbonyl (C=O) groups excluding carboxylic acids is 1. The van der Waals surface area contributed by atoms with E-state index in [2.05, 4.69) is 10.6 Å². The van der Waals surface area contributed by atoms with Crippen molar-refractivity contribution in [2.24, 2.45) is 5.92 Å². The van der Waals surface area contributed by atoms with Gasteiger partial charge < -0.3 is 20.1 Å². The normalized spacial score (nSPS) is 13.7. The smallest absolute Gasteiger partial charge is 0.220 e. The summed E-state index contributed by atoms with van der Waals surface area (Å²) in [4.78, 5) is 12.8. The molecular formula is C15H23ClN2O3S. The average molecular weight is 347 g/mol. The molecule has 0 radical (unpaired) electrons. The van der Waals surface area contributed by atoms with Crippen molar-refractivity contribution < 1.29 is 14.3 Å². The Morgan fingerprint density at radius 2 is 2.05 bits per heavy atom. The Morgan fingerprint density at radius 3 is 2.64 bits per heavy atom. The van der Waals surface area contributed by atoms with Crippen LogP contribution in [0.2, 0.25) is 0 Å². The largest absolute Gasteiger partial charge is 0.493 e. The lowest BCUT2D eigenvalue weighted by molar-refractivity contribution is -0.120. The minimum absolute atomic E-state index is 0. The number of benzene rings is 1. The van der Waals surface area contributed by atoms with Crippen molar-refractivity contribution in [1.82, 2.24) is 10.6 Å². The van der Waals surface area contributed by atoms with E-state index in [1.807, 2.05) is 18.2 Å². The summed E-state index contributed by atoms with van der Waals surface area (Å²) in [6.07, 6.45) is 0.527. The molecule has 1 amide bonds. The van der Waals surface area contributed by atoms with Crippen LogP contribution in [0.1, 0.15) is 6.42 Å². The van der Waals surface area contributed by atoms with E-state index in [4.69, 9.17) is 9.47 Å². The van der Waals surface area contributed by atoms with Gasteiger partial charge in [-0.2, -0.15) is 0 Å². The monoisotopic (exact) mass is 346 g/mol. The van der Waals surface area contributed by atoms with Gasteiger partial charge in [0.05, 0.1) is 14.2 Å². The van der Waals surface area contributed by atoms with Crippen molar-refractivity contribution in [2.45, 2.75) is 11.3 Å². The number of methoxy groups -OCH3 is 2. The first-order chi connectivity index (χ1) is 10.2. The molecular weight excluding hydrogens is 324 g/mol. The second-order valence-corrected chi connectivity index (χ2v) is 6.11. The van der Waals surface area contributed by atoms with Crippen molar-refractivity contribution in [2.75, 3.05) is 39.6 Å². The van der Waals surface area contributed by atoms with Crippen molar-refractivity contribution in [3.05, 3.63) is 18.2 Å². The maximum Gasteiger partial charge on any atom is 0.220 e. The number of hydrogen-bond acceptors (Lipinski definition) is 5. The fraction of sp³-hybridized carbons (Fsp3) is 0.533. The van der Waals surface area contributed by atoms with Gasteiger partial charge in [-0.1, -0.05) is 0 Å². The van der Waals surface area contributed by atoms with Crippen molar-refractivity contribution in [3.63, 3.8) is 0 Å². The van der Waals surface area contributed by atoms with E-state index in [0.717, 1.165) is 30.3 Å². The van der Waals surface area contributed by atoms with Crippen LogP contribution in [0.25, 0.3) is 0 Å². The van der Waals surface area contributed by atoms with Crippen LogP contribution in [0, 0.1) is 5.92 Å². The van der Waals surface area contributed by atoms with E-state index >= 15 is 0 Å². The standard InChI is InChI=1S/C15H22N2O3S.ClH/c1-19-13-4-3-12(7-14(13)20-2)21-6-5-15(18)17-10-11-8-16-9-11;/h3-4,7,11,16H,5-6,8-10H2,1-2H3,(H,17,18);1H. The molecule has 0 saturated carbocycles. The molecule has 1 saturated heterocycles. The van der Waals surface area contributed by atoms with Crippen molar-refractivity contribution in [1.29, 1.82) is 0 Å². The van der Waals surface area contributed by atoms with Crippen LogP contribution < -0.4 is 20.1 Å². The summed E-state index contributed by atoms with van der Waals surface area (Å²) in [5, 5.41) is 6.17. The van der Waals surface area contributed by atoms with Gasteiger partial charge in [-0.05, 0) is 18.2 Å². The third-order valence-corrected chi connectivity index (χ3v) is 4.40. The van der Waals surface area contributed by atoms with Gasteiger partial charge in [0.2, 0.25) is 5.91 Å². The Bertz CT molecular complexity index is 484. The lowest BCUT2D eigenvalue weighted by atomic mass is 10.0. The molecule has 0 bridgehead atoms. The Labute approximate surface area is 141 Å². The maximum absolute atomic E-state index is 11.7. The van der Waals surface area contributed by atoms with Crippen LogP contribution in [0.3, 0.4) is 0 Å². The van der Waals surface area contributed by atoms with Gasteiger partial charge >= 0.3 is 0 Å². The maximum atomic E-state index is 11.7. The van der Waals surface area contributed by atoms with E-state index in [9.17, 15) is 4.79 Å². The lowest BCUT2D eigenvalue weighted by Crippen LogP contribution is -2.48. The molecule has 0 unspecified atom stereocenters. The predicted octanol–water partition coefficient (Wildman–Crippen LogP) is 1.94. The van der Waals surface area contributed by atoms with Crippen LogP contribution in [0.5, 0.6) is 11.5 Å². The third-order valence-electron chi connectivity index (χ3n) is 3.41. The summed E-state index contributed by atoms with van der Waals surface area (Å²) in [6.45, 7) is 2.81. The summed E-state index contributed by atoms with van der Waals surface area (Å²) in [5.41, 5.74) is 0. The number of hydrogen-bond donors (Lipinski definition) is 2. The number of rotatable bonds is 8. The molecule has 2 rings (SSSR count). The SMILES string of the molecule is COc1ccc(SCCC(=O)NCC2CNC2)cc1OC.Cl. The highest BCUT2D eigenvalue weighted by Gasteiger charge is 2.16. The van der Waals surface area contributed by atoms with E-state index in [0.29, 0.717) is 23.8 Å². The molecule has 7 heteroatoms. The van der Waals surface area contributed by atoms with E-state index in [1.54, 1.807) is 26.0 Å². The summed E-state index contributed by atoms with van der Waals surface area (Å²) in [7, 11) is 3.24. The molecule has 2 N–H and O–H groups in total. The van der Waals surface area contributed by atoms with Gasteiger partial charge in [0.25, 0.3) is 0 Å². The Morgan fingerprint density at radius 1 is 1.32 bits per heavy atom. The molecule has 1 aromatic rings. The number of carbonyl (C=O) groups is 1. The molecule has 0 spiro atoms. The molecule has 0 aliphatic carbocycles. The molecule has 5 nitrogen and oxygen atoms in total. The molecule has 22 heavy (non-hydrogen) atoms. The lowest BCUT2D eigenvalue weighted by Gasteiger charge is -2.27. The van der Waals surface area contributed by atoms with Crippen LogP contribution >= 0.6 is 24.2 Å². The van der Waals surface area contributed by atoms with E-state index in [1.165, 1.54) is 0 Å². The van der Waals surface area contributed by atoms with Crippen LogP contribution in [0.15, 0.2) is 23.1 Å². The van der Waals surface area contributed by atoms with Gasteiger partial charge in [-0.15, -0.1) is 24.2 Å². The van der Waals surface area contributed by atoms with E-state index < -0.39 is 0 Å². The molecule has 1 aliphatic heterocycles. The summed E-state index contributed by atoms with van der Waals surface area (Å²) >= 11 is 1.64. The topological polar surface area (TPSA) is 59.6 Å². The second kappa shape index (κ2) is 9.82. The highest BCUT2D eigenvalue weighted by Crippen LogP contribution is 2.31.